The molecule has 0 aliphatic rings. The van der Waals surface area contributed by atoms with Crippen LogP contribution in [0.15, 0.2) is 29.2 Å². The van der Waals surface area contributed by atoms with Crippen LogP contribution in [0.25, 0.3) is 0 Å². The quantitative estimate of drug-likeness (QED) is 0.788. The van der Waals surface area contributed by atoms with Gasteiger partial charge in [0.05, 0.1) is 4.90 Å². The Bertz CT molecular complexity index is 560. The van der Waals surface area contributed by atoms with Crippen molar-refractivity contribution in [2.75, 3.05) is 11.9 Å². The summed E-state index contributed by atoms with van der Waals surface area (Å²) >= 11 is 0. The first-order valence-electron chi connectivity index (χ1n) is 5.52. The molecular formula is C12H16ClNO4S. The van der Waals surface area contributed by atoms with Crippen LogP contribution in [0.2, 0.25) is 0 Å². The Hall–Kier alpha value is -1.27. The Morgan fingerprint density at radius 2 is 1.68 bits per heavy atom. The maximum atomic E-state index is 11.8. The molecule has 0 aliphatic carbocycles. The van der Waals surface area contributed by atoms with E-state index in [1.807, 2.05) is 0 Å². The van der Waals surface area contributed by atoms with Gasteiger partial charge in [-0.15, -0.1) is 0 Å². The predicted octanol–water partition coefficient (Wildman–Crippen LogP) is 2.99. The Labute approximate surface area is 117 Å². The van der Waals surface area contributed by atoms with Gasteiger partial charge >= 0.3 is 6.09 Å². The number of hydrogen-bond acceptors (Lipinski definition) is 4. The van der Waals surface area contributed by atoms with Gasteiger partial charge in [-0.25, -0.2) is 13.2 Å². The number of amides is 1. The van der Waals surface area contributed by atoms with Crippen LogP contribution in [0, 0.1) is 0 Å². The lowest BCUT2D eigenvalue weighted by Gasteiger charge is -2.24. The number of benzene rings is 1. The van der Waals surface area contributed by atoms with E-state index in [0.717, 1.165) is 0 Å². The summed E-state index contributed by atoms with van der Waals surface area (Å²) in [5.74, 6) is 0. The van der Waals surface area contributed by atoms with Crippen molar-refractivity contribution >= 4 is 31.5 Å². The second-order valence-electron chi connectivity index (χ2n) is 4.97. The monoisotopic (exact) mass is 305 g/mol. The molecule has 1 aromatic rings. The smallest absolute Gasteiger partial charge is 0.414 e. The second kappa shape index (κ2) is 5.38. The molecule has 0 spiro atoms. The molecule has 0 saturated carbocycles. The molecule has 1 aromatic carbocycles. The largest absolute Gasteiger partial charge is 0.443 e. The minimum Gasteiger partial charge on any atom is -0.443 e. The third kappa shape index (κ3) is 4.72. The van der Waals surface area contributed by atoms with E-state index in [1.54, 1.807) is 20.8 Å². The van der Waals surface area contributed by atoms with Crippen LogP contribution in [-0.4, -0.2) is 27.2 Å². The Morgan fingerprint density at radius 3 is 2.05 bits per heavy atom. The van der Waals surface area contributed by atoms with Gasteiger partial charge in [-0.3, -0.25) is 4.90 Å². The molecule has 0 aromatic heterocycles. The van der Waals surface area contributed by atoms with Gasteiger partial charge in [0.15, 0.2) is 0 Å². The number of ether oxygens (including phenoxy) is 1. The highest BCUT2D eigenvalue weighted by Crippen LogP contribution is 2.21. The summed E-state index contributed by atoms with van der Waals surface area (Å²) in [4.78, 5) is 13.1. The molecule has 0 unspecified atom stereocenters. The first-order chi connectivity index (χ1) is 8.50. The van der Waals surface area contributed by atoms with Gasteiger partial charge < -0.3 is 4.74 Å². The first kappa shape index (κ1) is 15.8. The summed E-state index contributed by atoms with van der Waals surface area (Å²) in [6, 6.07) is 5.63. The first-order valence-corrected chi connectivity index (χ1v) is 7.83. The highest BCUT2D eigenvalue weighted by Gasteiger charge is 2.20. The SMILES string of the molecule is CN(C(=O)OC(C)(C)C)c1ccc(S(=O)(=O)Cl)cc1. The third-order valence-corrected chi connectivity index (χ3v) is 3.54. The highest BCUT2D eigenvalue weighted by molar-refractivity contribution is 8.13. The molecule has 0 N–H and O–H groups in total. The molecule has 0 heterocycles. The van der Waals surface area contributed by atoms with Crippen molar-refractivity contribution in [3.63, 3.8) is 0 Å². The number of halogens is 1. The average Bonchev–Trinajstić information content (AvgIpc) is 2.24. The lowest BCUT2D eigenvalue weighted by Crippen LogP contribution is -2.34. The molecular weight excluding hydrogens is 290 g/mol. The van der Waals surface area contributed by atoms with Crippen molar-refractivity contribution in [1.82, 2.24) is 0 Å². The van der Waals surface area contributed by atoms with E-state index >= 15 is 0 Å². The second-order valence-corrected chi connectivity index (χ2v) is 7.54. The Morgan fingerprint density at radius 1 is 1.21 bits per heavy atom. The molecule has 7 heteroatoms. The highest BCUT2D eigenvalue weighted by atomic mass is 35.7. The van der Waals surface area contributed by atoms with Gasteiger partial charge in [-0.05, 0) is 45.0 Å². The number of nitrogens with zero attached hydrogens (tertiary/aromatic N) is 1. The third-order valence-electron chi connectivity index (χ3n) is 2.17. The number of carbonyl (C=O) groups is 1. The van der Waals surface area contributed by atoms with Crippen molar-refractivity contribution in [3.8, 4) is 0 Å². The topological polar surface area (TPSA) is 63.7 Å². The standard InChI is InChI=1S/C12H16ClNO4S/c1-12(2,3)18-11(15)14(4)9-5-7-10(8-6-9)19(13,16)17/h5-8H,1-4H3. The number of hydrogen-bond donors (Lipinski definition) is 0. The minimum atomic E-state index is -3.76. The van der Waals surface area contributed by atoms with Gasteiger partial charge in [0.25, 0.3) is 9.05 Å². The van der Waals surface area contributed by atoms with Crippen molar-refractivity contribution in [2.24, 2.45) is 0 Å². The molecule has 0 atom stereocenters. The summed E-state index contributed by atoms with van der Waals surface area (Å²) in [5.41, 5.74) is -0.0802. The molecule has 0 saturated heterocycles. The van der Waals surface area contributed by atoms with E-state index in [9.17, 15) is 13.2 Å². The normalized spacial score (nSPS) is 12.1. The molecule has 5 nitrogen and oxygen atoms in total. The fourth-order valence-corrected chi connectivity index (χ4v) is 2.04. The molecule has 0 aliphatic heterocycles. The van der Waals surface area contributed by atoms with Gasteiger partial charge in [0, 0.05) is 23.4 Å². The van der Waals surface area contributed by atoms with Crippen molar-refractivity contribution < 1.29 is 17.9 Å². The maximum Gasteiger partial charge on any atom is 0.414 e. The Balaban J connectivity index is 2.90. The fraction of sp³-hybridized carbons (Fsp3) is 0.417. The predicted molar refractivity (Wildman–Crippen MR) is 74.1 cm³/mol. The van der Waals surface area contributed by atoms with Crippen LogP contribution in [0.4, 0.5) is 10.5 Å². The van der Waals surface area contributed by atoms with Crippen molar-refractivity contribution in [3.05, 3.63) is 24.3 Å². The number of carbonyl (C=O) groups excluding carboxylic acids is 1. The van der Waals surface area contributed by atoms with E-state index in [2.05, 4.69) is 0 Å². The zero-order valence-electron chi connectivity index (χ0n) is 11.2. The van der Waals surface area contributed by atoms with Crippen molar-refractivity contribution in [1.29, 1.82) is 0 Å². The fourth-order valence-electron chi connectivity index (χ4n) is 1.27. The summed E-state index contributed by atoms with van der Waals surface area (Å²) in [7, 11) is 2.99. The van der Waals surface area contributed by atoms with Crippen LogP contribution >= 0.6 is 10.7 Å². The molecule has 106 valence electrons. The van der Waals surface area contributed by atoms with E-state index in [4.69, 9.17) is 15.4 Å². The molecule has 1 amide bonds. The Kier molecular flexibility index (Phi) is 4.47. The summed E-state index contributed by atoms with van der Waals surface area (Å²) < 4.78 is 27.4. The molecule has 1 rings (SSSR count). The molecule has 0 fully saturated rings. The molecule has 0 bridgehead atoms. The summed E-state index contributed by atoms with van der Waals surface area (Å²) in [5, 5.41) is 0. The lowest BCUT2D eigenvalue weighted by atomic mass is 10.2. The van der Waals surface area contributed by atoms with Crippen LogP contribution < -0.4 is 4.90 Å². The average molecular weight is 306 g/mol. The van der Waals surface area contributed by atoms with Crippen molar-refractivity contribution in [2.45, 2.75) is 31.3 Å². The molecule has 0 radical (unpaired) electrons. The number of anilines is 1. The minimum absolute atomic E-state index is 0.0181. The van der Waals surface area contributed by atoms with Crippen LogP contribution in [0.5, 0.6) is 0 Å². The summed E-state index contributed by atoms with van der Waals surface area (Å²) in [6.07, 6.45) is -0.519. The van der Waals surface area contributed by atoms with E-state index in [1.165, 1.54) is 36.2 Å². The van der Waals surface area contributed by atoms with Crippen LogP contribution in [0.1, 0.15) is 20.8 Å². The lowest BCUT2D eigenvalue weighted by molar-refractivity contribution is 0.0589. The van der Waals surface area contributed by atoms with Crippen LogP contribution in [0.3, 0.4) is 0 Å². The zero-order valence-corrected chi connectivity index (χ0v) is 12.7. The van der Waals surface area contributed by atoms with Crippen LogP contribution in [-0.2, 0) is 13.8 Å². The molecule has 19 heavy (non-hydrogen) atoms. The van der Waals surface area contributed by atoms with E-state index < -0.39 is 20.7 Å². The van der Waals surface area contributed by atoms with Gasteiger partial charge in [0.2, 0.25) is 0 Å². The van der Waals surface area contributed by atoms with Gasteiger partial charge in [-0.1, -0.05) is 0 Å². The van der Waals surface area contributed by atoms with Gasteiger partial charge in [-0.2, -0.15) is 0 Å². The van der Waals surface area contributed by atoms with E-state index in [-0.39, 0.29) is 4.90 Å². The van der Waals surface area contributed by atoms with Gasteiger partial charge in [0.1, 0.15) is 5.60 Å². The summed E-state index contributed by atoms with van der Waals surface area (Å²) in [6.45, 7) is 5.30. The zero-order chi connectivity index (χ0) is 14.8. The number of rotatable bonds is 2. The maximum absolute atomic E-state index is 11.8. The van der Waals surface area contributed by atoms with E-state index in [0.29, 0.717) is 5.69 Å².